The maximum Gasteiger partial charge on any atom is 0.214 e. The summed E-state index contributed by atoms with van der Waals surface area (Å²) in [6.07, 6.45) is 0.687. The standard InChI is InChI=1S/C12H26N2O3S/c1-10(2)5-6-18(16,17)14-9-12(15)7-11(14)8-13(3)4/h10-12,15H,5-9H2,1-4H3. The summed E-state index contributed by atoms with van der Waals surface area (Å²) in [6.45, 7) is 4.95. The van der Waals surface area contributed by atoms with Gasteiger partial charge in [-0.3, -0.25) is 0 Å². The molecule has 0 aromatic rings. The zero-order chi connectivity index (χ0) is 13.9. The van der Waals surface area contributed by atoms with Crippen molar-refractivity contribution in [3.8, 4) is 0 Å². The van der Waals surface area contributed by atoms with E-state index in [1.807, 2.05) is 32.8 Å². The Labute approximate surface area is 111 Å². The van der Waals surface area contributed by atoms with Crippen molar-refractivity contribution in [2.45, 2.75) is 38.8 Å². The van der Waals surface area contributed by atoms with Gasteiger partial charge in [0.15, 0.2) is 0 Å². The molecule has 1 rings (SSSR count). The number of likely N-dealkylation sites (N-methyl/N-ethyl adjacent to an activating group) is 1. The minimum Gasteiger partial charge on any atom is -0.392 e. The van der Waals surface area contributed by atoms with Gasteiger partial charge in [-0.1, -0.05) is 13.8 Å². The lowest BCUT2D eigenvalue weighted by Gasteiger charge is -2.26. The maximum absolute atomic E-state index is 12.3. The highest BCUT2D eigenvalue weighted by atomic mass is 32.2. The number of sulfonamides is 1. The molecule has 18 heavy (non-hydrogen) atoms. The lowest BCUT2D eigenvalue weighted by Crippen LogP contribution is -2.42. The third-order valence-electron chi connectivity index (χ3n) is 3.23. The summed E-state index contributed by atoms with van der Waals surface area (Å²) in [7, 11) is 0.604. The average Bonchev–Trinajstić information content (AvgIpc) is 2.56. The van der Waals surface area contributed by atoms with Crippen LogP contribution in [0.5, 0.6) is 0 Å². The lowest BCUT2D eigenvalue weighted by molar-refractivity contribution is 0.188. The van der Waals surface area contributed by atoms with Crippen molar-refractivity contribution in [3.05, 3.63) is 0 Å². The minimum atomic E-state index is -3.24. The second-order valence-corrected chi connectivity index (χ2v) is 7.91. The van der Waals surface area contributed by atoms with Gasteiger partial charge in [0, 0.05) is 19.1 Å². The van der Waals surface area contributed by atoms with Crippen LogP contribution in [-0.2, 0) is 10.0 Å². The molecule has 5 nitrogen and oxygen atoms in total. The van der Waals surface area contributed by atoms with Crippen molar-refractivity contribution < 1.29 is 13.5 Å². The molecule has 0 aromatic heterocycles. The Morgan fingerprint density at radius 1 is 1.39 bits per heavy atom. The van der Waals surface area contributed by atoms with Gasteiger partial charge < -0.3 is 10.0 Å². The molecule has 6 heteroatoms. The summed E-state index contributed by atoms with van der Waals surface area (Å²) in [5.41, 5.74) is 0. The summed E-state index contributed by atoms with van der Waals surface area (Å²) in [6, 6.07) is -0.0906. The summed E-state index contributed by atoms with van der Waals surface area (Å²) < 4.78 is 26.0. The molecule has 108 valence electrons. The first-order valence-corrected chi connectivity index (χ1v) is 8.15. The van der Waals surface area contributed by atoms with Gasteiger partial charge >= 0.3 is 0 Å². The van der Waals surface area contributed by atoms with Crippen LogP contribution >= 0.6 is 0 Å². The van der Waals surface area contributed by atoms with Gasteiger partial charge in [0.2, 0.25) is 10.0 Å². The Balaban J connectivity index is 2.72. The van der Waals surface area contributed by atoms with E-state index in [9.17, 15) is 13.5 Å². The molecule has 1 N–H and O–H groups in total. The second kappa shape index (κ2) is 6.32. The number of rotatable bonds is 6. The molecular weight excluding hydrogens is 252 g/mol. The summed E-state index contributed by atoms with van der Waals surface area (Å²) in [5, 5.41) is 9.70. The fourth-order valence-corrected chi connectivity index (χ4v) is 4.30. The van der Waals surface area contributed by atoms with E-state index in [0.717, 1.165) is 0 Å². The highest BCUT2D eigenvalue weighted by Crippen LogP contribution is 2.23. The molecule has 0 radical (unpaired) electrons. The molecule has 2 unspecified atom stereocenters. The maximum atomic E-state index is 12.3. The summed E-state index contributed by atoms with van der Waals surface area (Å²) in [4.78, 5) is 1.97. The molecular formula is C12H26N2O3S. The summed E-state index contributed by atoms with van der Waals surface area (Å²) >= 11 is 0. The third kappa shape index (κ3) is 4.50. The SMILES string of the molecule is CC(C)CCS(=O)(=O)N1CC(O)CC1CN(C)C. The van der Waals surface area contributed by atoms with E-state index < -0.39 is 16.1 Å². The second-order valence-electron chi connectivity index (χ2n) is 5.87. The normalized spacial score (nSPS) is 26.4. The van der Waals surface area contributed by atoms with Crippen molar-refractivity contribution >= 4 is 10.0 Å². The van der Waals surface area contributed by atoms with Crippen LogP contribution in [0.1, 0.15) is 26.7 Å². The van der Waals surface area contributed by atoms with Crippen molar-refractivity contribution in [3.63, 3.8) is 0 Å². The first-order chi connectivity index (χ1) is 8.22. The Bertz CT molecular complexity index is 354. The summed E-state index contributed by atoms with van der Waals surface area (Å²) in [5.74, 6) is 0.556. The van der Waals surface area contributed by atoms with Gasteiger partial charge in [0.25, 0.3) is 0 Å². The molecule has 1 aliphatic rings. The number of β-amino-alcohol motifs (C(OH)–C–C–N with tert-alkyl or cyclic N) is 1. The Morgan fingerprint density at radius 3 is 2.50 bits per heavy atom. The van der Waals surface area contributed by atoms with E-state index in [4.69, 9.17) is 0 Å². The predicted molar refractivity (Wildman–Crippen MR) is 72.9 cm³/mol. The van der Waals surface area contributed by atoms with E-state index in [1.54, 1.807) is 0 Å². The largest absolute Gasteiger partial charge is 0.392 e. The van der Waals surface area contributed by atoms with Crippen LogP contribution in [0.15, 0.2) is 0 Å². The number of nitrogens with zero attached hydrogens (tertiary/aromatic N) is 2. The van der Waals surface area contributed by atoms with Crippen molar-refractivity contribution in [2.75, 3.05) is 32.9 Å². The van der Waals surface area contributed by atoms with Gasteiger partial charge in [-0.05, 0) is 32.9 Å². The highest BCUT2D eigenvalue weighted by molar-refractivity contribution is 7.89. The van der Waals surface area contributed by atoms with E-state index >= 15 is 0 Å². The van der Waals surface area contributed by atoms with E-state index in [0.29, 0.717) is 25.3 Å². The molecule has 1 heterocycles. The van der Waals surface area contributed by atoms with Crippen LogP contribution in [0, 0.1) is 5.92 Å². The van der Waals surface area contributed by atoms with Gasteiger partial charge in [-0.15, -0.1) is 0 Å². The molecule has 2 atom stereocenters. The van der Waals surface area contributed by atoms with E-state index in [2.05, 4.69) is 0 Å². The van der Waals surface area contributed by atoms with Crippen LogP contribution < -0.4 is 0 Å². The number of hydrogen-bond donors (Lipinski definition) is 1. The molecule has 0 aliphatic carbocycles. The zero-order valence-corrected chi connectivity index (χ0v) is 12.7. The first kappa shape index (κ1) is 15.9. The quantitative estimate of drug-likeness (QED) is 0.762. The van der Waals surface area contributed by atoms with Crippen molar-refractivity contribution in [1.82, 2.24) is 9.21 Å². The average molecular weight is 278 g/mol. The van der Waals surface area contributed by atoms with Crippen LogP contribution in [0.2, 0.25) is 0 Å². The molecule has 0 bridgehead atoms. The topological polar surface area (TPSA) is 60.9 Å². The zero-order valence-electron chi connectivity index (χ0n) is 11.8. The predicted octanol–water partition coefficient (Wildman–Crippen LogP) is 0.359. The Morgan fingerprint density at radius 2 is 2.00 bits per heavy atom. The smallest absolute Gasteiger partial charge is 0.214 e. The fourth-order valence-electron chi connectivity index (χ4n) is 2.29. The Kier molecular flexibility index (Phi) is 5.58. The molecule has 0 spiro atoms. The molecule has 1 fully saturated rings. The minimum absolute atomic E-state index is 0.0906. The third-order valence-corrected chi connectivity index (χ3v) is 5.14. The first-order valence-electron chi connectivity index (χ1n) is 6.54. The molecule has 1 aliphatic heterocycles. The Hall–Kier alpha value is -0.170. The van der Waals surface area contributed by atoms with Gasteiger partial charge in [0.1, 0.15) is 0 Å². The van der Waals surface area contributed by atoms with Crippen molar-refractivity contribution in [2.24, 2.45) is 5.92 Å². The highest BCUT2D eigenvalue weighted by Gasteiger charge is 2.38. The van der Waals surface area contributed by atoms with E-state index in [-0.39, 0.29) is 18.3 Å². The van der Waals surface area contributed by atoms with Crippen LogP contribution in [0.4, 0.5) is 0 Å². The molecule has 0 aromatic carbocycles. The van der Waals surface area contributed by atoms with Crippen LogP contribution in [0.3, 0.4) is 0 Å². The van der Waals surface area contributed by atoms with Crippen LogP contribution in [-0.4, -0.2) is 67.8 Å². The number of aliphatic hydroxyl groups excluding tert-OH is 1. The fraction of sp³-hybridized carbons (Fsp3) is 1.00. The molecule has 1 saturated heterocycles. The van der Waals surface area contributed by atoms with Crippen molar-refractivity contribution in [1.29, 1.82) is 0 Å². The number of aliphatic hydroxyl groups is 1. The molecule has 0 amide bonds. The molecule has 0 saturated carbocycles. The van der Waals surface area contributed by atoms with Gasteiger partial charge in [0.05, 0.1) is 11.9 Å². The van der Waals surface area contributed by atoms with Gasteiger partial charge in [-0.25, -0.2) is 8.42 Å². The number of hydrogen-bond acceptors (Lipinski definition) is 4. The van der Waals surface area contributed by atoms with Gasteiger partial charge in [-0.2, -0.15) is 4.31 Å². The van der Waals surface area contributed by atoms with E-state index in [1.165, 1.54) is 4.31 Å². The monoisotopic (exact) mass is 278 g/mol. The lowest BCUT2D eigenvalue weighted by atomic mass is 10.2. The van der Waals surface area contributed by atoms with Crippen LogP contribution in [0.25, 0.3) is 0 Å².